The Morgan fingerprint density at radius 2 is 0.760 bits per heavy atom. The van der Waals surface area contributed by atoms with Gasteiger partial charge in [-0.05, 0) is 0 Å². The SMILES string of the molecule is [2H]c1c([2H])c([2H])c(-c2cc(-c3c([2H])c([2H])c([2H])c([2H])c3[2H])c[c]([Ge]([c]3ccccc3)([c]3ccccc3)[c]3c([2H])c([2H])c([2H])c(-c4nc(-c5ccccc5-n5c6c([2H])c([2H])c([2H])c([2H])c6c6c([2H])c([2H])c([2H])c([2H])c65)nc(-n5c6c([2H])c([2H])c([2H])c([2H])c6c6c([2H])c([2H])c([2H])c([2H])c65)n4)c3[2H])c2)c([2H])c1[2H]. The molecule has 3 heterocycles. The van der Waals surface area contributed by atoms with Crippen LogP contribution in [0.15, 0.2) is 284 Å². The molecule has 0 aliphatic rings. The van der Waals surface area contributed by atoms with E-state index in [1.165, 1.54) is 42.5 Å². The molecular formula is C69H47GeN5. The molecule has 14 rings (SSSR count). The monoisotopic (exact) mass is 1050 g/mol. The van der Waals surface area contributed by atoms with Crippen molar-refractivity contribution < 1.29 is 41.1 Å². The Morgan fingerprint density at radius 3 is 1.29 bits per heavy atom. The van der Waals surface area contributed by atoms with Crippen molar-refractivity contribution in [2.45, 2.75) is 0 Å². The average Bonchev–Trinajstić information content (AvgIpc) is 1.71. The molecule has 0 amide bonds. The van der Waals surface area contributed by atoms with Crippen LogP contribution in [0.5, 0.6) is 0 Å². The Balaban J connectivity index is 1.20. The Labute approximate surface area is 479 Å². The third-order valence-electron chi connectivity index (χ3n) is 12.9. The van der Waals surface area contributed by atoms with Crippen LogP contribution in [-0.4, -0.2) is 37.4 Å². The van der Waals surface area contributed by atoms with E-state index in [4.69, 9.17) is 34.1 Å². The fourth-order valence-corrected chi connectivity index (χ4v) is 19.3. The van der Waals surface area contributed by atoms with Gasteiger partial charge in [-0.3, -0.25) is 0 Å². The number of hydrogen-bond donors (Lipinski definition) is 0. The standard InChI is InChI=1S/C69H47GeN5/c1-5-24-48(25-6-1)51-44-52(49-26-7-2-8-27-49)47-56(46-51)70(53-29-9-3-10-30-53,54-31-11-4-12-32-54)55-33-23-28-50(45-55)67-71-68(73-69(72-67)75-64-41-20-15-36-59(64)60-37-16-21-42-65(60)75)61-38-17-22-43-66(61)74-62-39-18-13-34-57(62)58-35-14-19-40-63(58)74/h1-47H/i1D,2D,5D,6D,7D,8D,13D,14D,15D,16D,18D,19D,20D,21D,23D,24D,25D,26D,27D,28D,33D,34D,35D,36D,37D,39D,40D,41D,42D,45D. The van der Waals surface area contributed by atoms with Crippen LogP contribution >= 0.6 is 0 Å². The molecule has 0 saturated carbocycles. The van der Waals surface area contributed by atoms with Gasteiger partial charge >= 0.3 is 460 Å². The first-order chi connectivity index (χ1) is 49.7. The first kappa shape index (κ1) is 23.2. The van der Waals surface area contributed by atoms with Crippen LogP contribution in [0.25, 0.3) is 100 Å². The van der Waals surface area contributed by atoms with E-state index in [2.05, 4.69) is 0 Å². The zero-order valence-corrected chi connectivity index (χ0v) is 40.6. The second-order valence-electron chi connectivity index (χ2n) is 16.9. The average molecular weight is 1050 g/mol. The fourth-order valence-electron chi connectivity index (χ4n) is 9.71. The summed E-state index contributed by atoms with van der Waals surface area (Å²) in [6, 6.07) is 3.03. The zero-order chi connectivity index (χ0) is 75.8. The molecule has 0 saturated heterocycles. The van der Waals surface area contributed by atoms with Crippen LogP contribution in [0.3, 0.4) is 0 Å². The van der Waals surface area contributed by atoms with Crippen molar-refractivity contribution in [2.75, 3.05) is 0 Å². The van der Waals surface area contributed by atoms with E-state index in [9.17, 15) is 21.9 Å². The number of fused-ring (bicyclic) bond motifs is 6. The first-order valence-electron chi connectivity index (χ1n) is 38.1. The predicted octanol–water partition coefficient (Wildman–Crippen LogP) is 14.1. The Morgan fingerprint density at radius 1 is 0.320 bits per heavy atom. The van der Waals surface area contributed by atoms with Gasteiger partial charge in [0.2, 0.25) is 0 Å². The fraction of sp³-hybridized carbons (Fsp3) is 0. The summed E-state index contributed by atoms with van der Waals surface area (Å²) in [4.78, 5) is 14.8. The topological polar surface area (TPSA) is 48.5 Å². The molecule has 3 aromatic heterocycles. The zero-order valence-electron chi connectivity index (χ0n) is 68.6. The molecule has 75 heavy (non-hydrogen) atoms. The van der Waals surface area contributed by atoms with Gasteiger partial charge in [0.15, 0.2) is 0 Å². The molecule has 0 spiro atoms. The molecule has 5 nitrogen and oxygen atoms in total. The van der Waals surface area contributed by atoms with Gasteiger partial charge in [-0.15, -0.1) is 0 Å². The summed E-state index contributed by atoms with van der Waals surface area (Å²) in [6.07, 6.45) is 0. The summed E-state index contributed by atoms with van der Waals surface area (Å²) in [5, 5.41) is -1.57. The van der Waals surface area contributed by atoms with Gasteiger partial charge in [0.25, 0.3) is 0 Å². The van der Waals surface area contributed by atoms with Crippen molar-refractivity contribution in [1.29, 1.82) is 0 Å². The predicted molar refractivity (Wildman–Crippen MR) is 314 cm³/mol. The summed E-state index contributed by atoms with van der Waals surface area (Å²) in [7, 11) is 0. The van der Waals surface area contributed by atoms with Crippen LogP contribution in [-0.2, 0) is 0 Å². The van der Waals surface area contributed by atoms with Crippen molar-refractivity contribution in [3.63, 3.8) is 0 Å². The normalized spacial score (nSPS) is 17.3. The molecule has 0 aliphatic heterocycles. The number of rotatable bonds is 10. The molecule has 0 radical (unpaired) electrons. The second-order valence-corrected chi connectivity index (χ2v) is 24.7. The van der Waals surface area contributed by atoms with Gasteiger partial charge < -0.3 is 0 Å². The maximum absolute atomic E-state index is 11.0. The van der Waals surface area contributed by atoms with E-state index < -0.39 is 251 Å². The Kier molecular flexibility index (Phi) is 5.74. The van der Waals surface area contributed by atoms with Gasteiger partial charge in [0.05, 0.1) is 8.22 Å². The Hall–Kier alpha value is -9.43. The van der Waals surface area contributed by atoms with Crippen LogP contribution in [0.2, 0.25) is 0 Å². The van der Waals surface area contributed by atoms with E-state index in [1.807, 2.05) is 0 Å². The molecule has 0 aliphatic carbocycles. The molecule has 14 aromatic rings. The number of hydrogen-bond acceptors (Lipinski definition) is 3. The van der Waals surface area contributed by atoms with E-state index in [0.29, 0.717) is 8.79 Å². The molecule has 0 fully saturated rings. The maximum atomic E-state index is 11.0. The van der Waals surface area contributed by atoms with Crippen molar-refractivity contribution in [1.82, 2.24) is 24.1 Å². The van der Waals surface area contributed by atoms with Crippen molar-refractivity contribution >= 4 is 74.5 Å². The van der Waals surface area contributed by atoms with E-state index in [0.717, 1.165) is 9.13 Å². The molecule has 352 valence electrons. The minimum absolute atomic E-state index is 0.0743. The van der Waals surface area contributed by atoms with Crippen molar-refractivity contribution in [2.24, 2.45) is 0 Å². The number of para-hydroxylation sites is 5. The molecule has 11 aromatic carbocycles. The third-order valence-corrected chi connectivity index (χ3v) is 22.4. The molecule has 0 unspecified atom stereocenters. The number of benzene rings is 11. The van der Waals surface area contributed by atoms with Crippen LogP contribution < -0.4 is 17.6 Å². The molecule has 6 heteroatoms. The van der Waals surface area contributed by atoms with Crippen LogP contribution in [0.1, 0.15) is 41.1 Å². The molecular weight excluding hydrogens is 971 g/mol. The van der Waals surface area contributed by atoms with Gasteiger partial charge in [-0.25, -0.2) is 0 Å². The summed E-state index contributed by atoms with van der Waals surface area (Å²) in [5.41, 5.74) is -4.06. The summed E-state index contributed by atoms with van der Waals surface area (Å²) in [5.74, 6) is -2.10. The molecule has 0 bridgehead atoms. The Bertz CT molecular complexity index is 5910. The van der Waals surface area contributed by atoms with Crippen molar-refractivity contribution in [3.8, 4) is 56.7 Å². The second kappa shape index (κ2) is 18.6. The summed E-state index contributed by atoms with van der Waals surface area (Å²) < 4.78 is 280. The number of aromatic nitrogens is 5. The summed E-state index contributed by atoms with van der Waals surface area (Å²) >= 11 is -5.86. The van der Waals surface area contributed by atoms with Crippen LogP contribution in [0, 0.1) is 0 Å². The van der Waals surface area contributed by atoms with E-state index >= 15 is 0 Å². The first-order valence-corrected chi connectivity index (χ1v) is 27.3. The number of nitrogens with zero attached hydrogens (tertiary/aromatic N) is 5. The molecule has 0 atom stereocenters. The summed E-state index contributed by atoms with van der Waals surface area (Å²) in [6.45, 7) is 0. The van der Waals surface area contributed by atoms with E-state index in [1.54, 1.807) is 60.7 Å². The van der Waals surface area contributed by atoms with Gasteiger partial charge in [0.1, 0.15) is 0 Å². The van der Waals surface area contributed by atoms with Gasteiger partial charge in [0, 0.05) is 0 Å². The third kappa shape index (κ3) is 7.50. The van der Waals surface area contributed by atoms with E-state index in [-0.39, 0.29) is 53.0 Å². The van der Waals surface area contributed by atoms with Crippen LogP contribution in [0.4, 0.5) is 0 Å². The van der Waals surface area contributed by atoms with Gasteiger partial charge in [-0.1, -0.05) is 12.1 Å². The minimum atomic E-state index is -5.86. The quantitative estimate of drug-likeness (QED) is 0.128. The molecule has 0 N–H and O–H groups in total. The van der Waals surface area contributed by atoms with Crippen molar-refractivity contribution in [3.05, 3.63) is 284 Å². The van der Waals surface area contributed by atoms with Gasteiger partial charge in [-0.2, -0.15) is 0 Å².